The SMILES string of the molecule is CC#CCn1c(N2CCC[C@@H](N)C2)nc2c1c(=O)n(C\C(I)=c1/cccc/c1=C/C(C)=N/O)c(=O)n2C. The molecule has 0 radical (unpaired) electrons. The summed E-state index contributed by atoms with van der Waals surface area (Å²) in [4.78, 5) is 34.0. The Bertz CT molecular complexity index is 1670. The van der Waals surface area contributed by atoms with Crippen LogP contribution in [-0.2, 0) is 20.1 Å². The minimum atomic E-state index is -0.450. The minimum Gasteiger partial charge on any atom is -0.411 e. The van der Waals surface area contributed by atoms with Crippen LogP contribution in [0.15, 0.2) is 39.0 Å². The van der Waals surface area contributed by atoms with Gasteiger partial charge in [0.1, 0.15) is 0 Å². The van der Waals surface area contributed by atoms with E-state index < -0.39 is 11.2 Å². The van der Waals surface area contributed by atoms with Gasteiger partial charge >= 0.3 is 5.69 Å². The zero-order valence-corrected chi connectivity index (χ0v) is 23.3. The number of benzene rings is 1. The standard InChI is InChI=1S/C26H30IN7O3/c1-4-5-13-33-22-23(29-25(33)32-12-8-10-19(28)15-32)31(3)26(36)34(24(22)35)16-21(27)20-11-7-6-9-18(20)14-17(2)30-37/h6-7,9,11,14,19,37H,8,10,12-13,15-16,28H2,1-3H3/b18-14-,21-20-,30-17+/t19-/m1/s1. The van der Waals surface area contributed by atoms with Crippen molar-refractivity contribution in [2.24, 2.45) is 17.9 Å². The Kier molecular flexibility index (Phi) is 8.19. The number of imidazole rings is 1. The summed E-state index contributed by atoms with van der Waals surface area (Å²) in [6, 6.07) is 7.58. The molecule has 3 N–H and O–H groups in total. The summed E-state index contributed by atoms with van der Waals surface area (Å²) in [6.45, 7) is 5.19. The highest BCUT2D eigenvalue weighted by molar-refractivity contribution is 14.1. The minimum absolute atomic E-state index is 0.0207. The van der Waals surface area contributed by atoms with Crippen LogP contribution in [-0.4, -0.2) is 48.7 Å². The molecule has 3 aromatic rings. The Morgan fingerprint density at radius 1 is 1.32 bits per heavy atom. The van der Waals surface area contributed by atoms with E-state index in [1.54, 1.807) is 31.5 Å². The Morgan fingerprint density at radius 3 is 2.78 bits per heavy atom. The van der Waals surface area contributed by atoms with Crippen LogP contribution < -0.4 is 32.3 Å². The number of oxime groups is 1. The van der Waals surface area contributed by atoms with Gasteiger partial charge < -0.3 is 15.8 Å². The molecule has 0 unspecified atom stereocenters. The van der Waals surface area contributed by atoms with Gasteiger partial charge in [-0.3, -0.25) is 18.5 Å². The fourth-order valence-electron chi connectivity index (χ4n) is 4.59. The van der Waals surface area contributed by atoms with E-state index in [0.29, 0.717) is 29.4 Å². The lowest BCUT2D eigenvalue weighted by Gasteiger charge is -2.31. The third kappa shape index (κ3) is 5.35. The highest BCUT2D eigenvalue weighted by atomic mass is 127. The van der Waals surface area contributed by atoms with Crippen molar-refractivity contribution in [3.8, 4) is 11.8 Å². The lowest BCUT2D eigenvalue weighted by atomic mass is 10.1. The molecule has 1 aromatic carbocycles. The van der Waals surface area contributed by atoms with Crippen LogP contribution in [0, 0.1) is 11.8 Å². The summed E-state index contributed by atoms with van der Waals surface area (Å²) in [5, 5.41) is 14.0. The molecular weight excluding hydrogens is 585 g/mol. The number of hydrogen-bond acceptors (Lipinski definition) is 7. The van der Waals surface area contributed by atoms with E-state index in [-0.39, 0.29) is 19.1 Å². The first kappa shape index (κ1) is 26.7. The topological polar surface area (TPSA) is 124 Å². The number of rotatable bonds is 5. The zero-order chi connectivity index (χ0) is 26.7. The zero-order valence-electron chi connectivity index (χ0n) is 21.1. The molecule has 194 valence electrons. The molecule has 37 heavy (non-hydrogen) atoms. The molecule has 4 rings (SSSR count). The number of nitrogens with two attached hydrogens (primary N) is 1. The molecule has 0 spiro atoms. The van der Waals surface area contributed by atoms with Crippen LogP contribution in [0.2, 0.25) is 0 Å². The second-order valence-corrected chi connectivity index (χ2v) is 10.4. The van der Waals surface area contributed by atoms with Gasteiger partial charge in [-0.2, -0.15) is 4.98 Å². The molecule has 3 heterocycles. The van der Waals surface area contributed by atoms with Crippen LogP contribution in [0.4, 0.5) is 5.95 Å². The van der Waals surface area contributed by atoms with Crippen LogP contribution in [0.3, 0.4) is 0 Å². The fourth-order valence-corrected chi connectivity index (χ4v) is 5.42. The molecule has 1 atom stereocenters. The molecule has 0 saturated carbocycles. The average molecular weight is 615 g/mol. The predicted molar refractivity (Wildman–Crippen MR) is 155 cm³/mol. The molecule has 1 saturated heterocycles. The number of aryl methyl sites for hydroxylation is 1. The highest BCUT2D eigenvalue weighted by Gasteiger charge is 2.26. The van der Waals surface area contributed by atoms with Gasteiger partial charge in [0.15, 0.2) is 11.2 Å². The van der Waals surface area contributed by atoms with Gasteiger partial charge in [0.2, 0.25) is 5.95 Å². The summed E-state index contributed by atoms with van der Waals surface area (Å²) in [6.07, 6.45) is 3.61. The van der Waals surface area contributed by atoms with Crippen molar-refractivity contribution in [3.05, 3.63) is 55.5 Å². The Hall–Kier alpha value is -3.37. The van der Waals surface area contributed by atoms with E-state index in [0.717, 1.165) is 33.4 Å². The normalized spacial score (nSPS) is 17.6. The summed E-state index contributed by atoms with van der Waals surface area (Å²) < 4.78 is 5.25. The number of fused-ring (bicyclic) bond motifs is 1. The largest absolute Gasteiger partial charge is 0.411 e. The number of piperidine rings is 1. The van der Waals surface area contributed by atoms with Crippen LogP contribution in [0.25, 0.3) is 20.8 Å². The molecule has 0 amide bonds. The van der Waals surface area contributed by atoms with Crippen molar-refractivity contribution in [3.63, 3.8) is 0 Å². The first-order valence-electron chi connectivity index (χ1n) is 12.0. The molecule has 1 fully saturated rings. The Morgan fingerprint density at radius 2 is 2.08 bits per heavy atom. The molecular formula is C26H30IN7O3. The average Bonchev–Trinajstić information content (AvgIpc) is 3.28. The summed E-state index contributed by atoms with van der Waals surface area (Å²) in [7, 11) is 1.63. The molecule has 11 heteroatoms. The monoisotopic (exact) mass is 615 g/mol. The number of aromatic nitrogens is 4. The first-order valence-corrected chi connectivity index (χ1v) is 13.1. The third-order valence-corrected chi connectivity index (χ3v) is 7.36. The first-order chi connectivity index (χ1) is 17.8. The summed E-state index contributed by atoms with van der Waals surface area (Å²) in [5.74, 6) is 6.55. The molecule has 0 bridgehead atoms. The van der Waals surface area contributed by atoms with Gasteiger partial charge in [-0.05, 0) is 65.8 Å². The summed E-state index contributed by atoms with van der Waals surface area (Å²) in [5.41, 5.74) is 6.47. The van der Waals surface area contributed by atoms with E-state index in [1.807, 2.05) is 24.3 Å². The quantitative estimate of drug-likeness (QED) is 0.144. The number of halogens is 1. The lowest BCUT2D eigenvalue weighted by molar-refractivity contribution is 0.319. The predicted octanol–water partition coefficient (Wildman–Crippen LogP) is 0.722. The number of anilines is 1. The summed E-state index contributed by atoms with van der Waals surface area (Å²) >= 11 is 2.16. The molecule has 10 nitrogen and oxygen atoms in total. The van der Waals surface area contributed by atoms with Crippen molar-refractivity contribution in [2.75, 3.05) is 18.0 Å². The number of hydrogen-bond donors (Lipinski definition) is 2. The van der Waals surface area contributed by atoms with Crippen LogP contribution >= 0.6 is 22.6 Å². The fraction of sp³-hybridized carbons (Fsp3) is 0.385. The smallest absolute Gasteiger partial charge is 0.332 e. The van der Waals surface area contributed by atoms with E-state index >= 15 is 0 Å². The third-order valence-electron chi connectivity index (χ3n) is 6.44. The van der Waals surface area contributed by atoms with E-state index in [4.69, 9.17) is 15.9 Å². The van der Waals surface area contributed by atoms with Gasteiger partial charge in [0, 0.05) is 29.8 Å². The Balaban J connectivity index is 1.95. The van der Waals surface area contributed by atoms with Gasteiger partial charge in [0.05, 0.1) is 18.8 Å². The lowest BCUT2D eigenvalue weighted by Crippen LogP contribution is -2.44. The highest BCUT2D eigenvalue weighted by Crippen LogP contribution is 2.23. The maximum Gasteiger partial charge on any atom is 0.332 e. The van der Waals surface area contributed by atoms with Crippen molar-refractivity contribution in [1.29, 1.82) is 0 Å². The van der Waals surface area contributed by atoms with Crippen molar-refractivity contribution in [1.82, 2.24) is 18.7 Å². The molecule has 2 aromatic heterocycles. The van der Waals surface area contributed by atoms with Crippen LogP contribution in [0.1, 0.15) is 26.7 Å². The van der Waals surface area contributed by atoms with Gasteiger partial charge in [0.25, 0.3) is 5.56 Å². The van der Waals surface area contributed by atoms with Crippen molar-refractivity contribution < 1.29 is 5.21 Å². The van der Waals surface area contributed by atoms with Gasteiger partial charge in [-0.15, -0.1) is 5.92 Å². The second-order valence-electron chi connectivity index (χ2n) is 9.06. The molecule has 0 aliphatic carbocycles. The van der Waals surface area contributed by atoms with Gasteiger partial charge in [-0.1, -0.05) is 35.3 Å². The maximum atomic E-state index is 13.8. The molecule has 1 aliphatic heterocycles. The maximum absolute atomic E-state index is 13.8. The van der Waals surface area contributed by atoms with E-state index in [2.05, 4.69) is 44.5 Å². The van der Waals surface area contributed by atoms with E-state index in [1.165, 1.54) is 9.13 Å². The number of nitrogens with zero attached hydrogens (tertiary/aromatic N) is 6. The van der Waals surface area contributed by atoms with Crippen molar-refractivity contribution in [2.45, 2.75) is 45.8 Å². The van der Waals surface area contributed by atoms with Crippen molar-refractivity contribution >= 4 is 55.1 Å². The van der Waals surface area contributed by atoms with Crippen LogP contribution in [0.5, 0.6) is 0 Å². The van der Waals surface area contributed by atoms with E-state index in [9.17, 15) is 9.59 Å². The molecule has 1 aliphatic rings. The second kappa shape index (κ2) is 11.4. The van der Waals surface area contributed by atoms with Gasteiger partial charge in [-0.25, -0.2) is 4.79 Å². The Labute approximate surface area is 227 Å².